The van der Waals surface area contributed by atoms with Crippen molar-refractivity contribution >= 4 is 21.9 Å². The van der Waals surface area contributed by atoms with E-state index < -0.39 is 5.97 Å². The van der Waals surface area contributed by atoms with Crippen LogP contribution in [0.4, 0.5) is 0 Å². The lowest BCUT2D eigenvalue weighted by Crippen LogP contribution is -2.18. The highest BCUT2D eigenvalue weighted by molar-refractivity contribution is 9.10. The zero-order valence-corrected chi connectivity index (χ0v) is 22.6. The minimum absolute atomic E-state index is 0.0325. The molecule has 0 spiro atoms. The largest absolute Gasteiger partial charge is 0.494 e. The fraction of sp³-hybridized carbons (Fsp3) is 0.333. The van der Waals surface area contributed by atoms with Crippen molar-refractivity contribution in [2.75, 3.05) is 13.7 Å². The van der Waals surface area contributed by atoms with Gasteiger partial charge in [0.1, 0.15) is 11.3 Å². The lowest BCUT2D eigenvalue weighted by atomic mass is 10.1. The standard InChI is InChI=1S/C27H29BrN6O3/c1-4-37-25-9-8-19(28)11-18(25)15-32(2)14-17-6-5-7-20(10-17)34-26(23(13-29-34)27(35)36)22-12-21(22)24-16-33(3)31-30-24/h5-11,13,16,21-22H,4,12,14-15H2,1-3H3,(H,35,36). The van der Waals surface area contributed by atoms with Crippen LogP contribution in [0.15, 0.2) is 59.3 Å². The highest BCUT2D eigenvalue weighted by Crippen LogP contribution is 2.55. The molecule has 1 fully saturated rings. The van der Waals surface area contributed by atoms with Crippen LogP contribution in [0.1, 0.15) is 58.1 Å². The normalized spacial score (nSPS) is 16.8. The molecule has 0 radical (unpaired) electrons. The SMILES string of the molecule is CCOc1ccc(Br)cc1CN(C)Cc1cccc(-n2ncc(C(=O)O)c2C2CC2c2cn(C)nn2)c1. The van der Waals surface area contributed by atoms with Crippen LogP contribution in [0.5, 0.6) is 5.75 Å². The van der Waals surface area contributed by atoms with Crippen molar-refractivity contribution in [2.24, 2.45) is 7.05 Å². The monoisotopic (exact) mass is 564 g/mol. The molecule has 0 aliphatic heterocycles. The third-order valence-corrected chi connectivity index (χ3v) is 7.04. The van der Waals surface area contributed by atoms with E-state index in [2.05, 4.69) is 61.5 Å². The molecule has 2 atom stereocenters. The number of ether oxygens (including phenoxy) is 1. The Labute approximate surface area is 223 Å². The van der Waals surface area contributed by atoms with E-state index in [4.69, 9.17) is 4.74 Å². The van der Waals surface area contributed by atoms with Crippen molar-refractivity contribution in [1.82, 2.24) is 29.7 Å². The number of halogens is 1. The molecule has 4 aromatic rings. The molecule has 5 rings (SSSR count). The topological polar surface area (TPSA) is 98.3 Å². The van der Waals surface area contributed by atoms with Crippen LogP contribution in [0.25, 0.3) is 5.69 Å². The number of aromatic nitrogens is 5. The maximum Gasteiger partial charge on any atom is 0.339 e. The quantitative estimate of drug-likeness (QED) is 0.296. The van der Waals surface area contributed by atoms with Crippen molar-refractivity contribution in [1.29, 1.82) is 0 Å². The summed E-state index contributed by atoms with van der Waals surface area (Å²) in [4.78, 5) is 14.2. The Balaban J connectivity index is 1.38. The number of hydrogen-bond donors (Lipinski definition) is 1. The van der Waals surface area contributed by atoms with Crippen LogP contribution in [-0.2, 0) is 20.1 Å². The molecule has 2 unspecified atom stereocenters. The Morgan fingerprint density at radius 3 is 2.78 bits per heavy atom. The summed E-state index contributed by atoms with van der Waals surface area (Å²) in [5.41, 5.74) is 4.88. The van der Waals surface area contributed by atoms with Crippen molar-refractivity contribution in [2.45, 2.75) is 38.3 Å². The zero-order valence-electron chi connectivity index (χ0n) is 21.0. The molecule has 1 aliphatic rings. The van der Waals surface area contributed by atoms with Crippen LogP contribution >= 0.6 is 15.9 Å². The summed E-state index contributed by atoms with van der Waals surface area (Å²) in [6, 6.07) is 14.2. The molecular weight excluding hydrogens is 536 g/mol. The van der Waals surface area contributed by atoms with Gasteiger partial charge in [0.05, 0.1) is 29.9 Å². The summed E-state index contributed by atoms with van der Waals surface area (Å²) >= 11 is 3.56. The molecule has 2 aromatic carbocycles. The number of rotatable bonds is 10. The first-order valence-corrected chi connectivity index (χ1v) is 13.0. The van der Waals surface area contributed by atoms with E-state index in [-0.39, 0.29) is 17.4 Å². The lowest BCUT2D eigenvalue weighted by molar-refractivity contribution is 0.0695. The number of nitrogens with zero attached hydrogens (tertiary/aromatic N) is 6. The smallest absolute Gasteiger partial charge is 0.339 e. The van der Waals surface area contributed by atoms with Gasteiger partial charge in [0.15, 0.2) is 0 Å². The molecule has 0 amide bonds. The summed E-state index contributed by atoms with van der Waals surface area (Å²) in [7, 11) is 3.90. The van der Waals surface area contributed by atoms with Crippen molar-refractivity contribution < 1.29 is 14.6 Å². The van der Waals surface area contributed by atoms with Crippen LogP contribution in [0, 0.1) is 0 Å². The van der Waals surface area contributed by atoms with Crippen LogP contribution < -0.4 is 4.74 Å². The van der Waals surface area contributed by atoms with Gasteiger partial charge in [-0.2, -0.15) is 5.10 Å². The fourth-order valence-corrected chi connectivity index (χ4v) is 5.27. The van der Waals surface area contributed by atoms with Gasteiger partial charge in [-0.15, -0.1) is 5.10 Å². The number of benzene rings is 2. The number of aromatic carboxylic acids is 1. The first-order chi connectivity index (χ1) is 17.8. The Kier molecular flexibility index (Phi) is 7.12. The predicted octanol–water partition coefficient (Wildman–Crippen LogP) is 4.76. The van der Waals surface area contributed by atoms with E-state index >= 15 is 0 Å². The average molecular weight is 565 g/mol. The van der Waals surface area contributed by atoms with E-state index in [1.165, 1.54) is 6.20 Å². The second kappa shape index (κ2) is 10.5. The molecule has 10 heteroatoms. The molecular formula is C27H29BrN6O3. The molecule has 1 N–H and O–H groups in total. The Morgan fingerprint density at radius 1 is 1.22 bits per heavy atom. The van der Waals surface area contributed by atoms with Gasteiger partial charge < -0.3 is 9.84 Å². The lowest BCUT2D eigenvalue weighted by Gasteiger charge is -2.20. The minimum Gasteiger partial charge on any atom is -0.494 e. The van der Waals surface area contributed by atoms with Gasteiger partial charge in [0.25, 0.3) is 0 Å². The van der Waals surface area contributed by atoms with Gasteiger partial charge in [0, 0.05) is 48.2 Å². The average Bonchev–Trinajstić information content (AvgIpc) is 3.30. The number of carboxylic acids is 1. The Morgan fingerprint density at radius 2 is 2.05 bits per heavy atom. The molecule has 9 nitrogen and oxygen atoms in total. The summed E-state index contributed by atoms with van der Waals surface area (Å²) in [6.07, 6.45) is 4.16. The van der Waals surface area contributed by atoms with Gasteiger partial charge in [-0.3, -0.25) is 9.58 Å². The fourth-order valence-electron chi connectivity index (χ4n) is 4.86. The second-order valence-corrected chi connectivity index (χ2v) is 10.4. The van der Waals surface area contributed by atoms with Gasteiger partial charge in [0.2, 0.25) is 0 Å². The number of carbonyl (C=O) groups is 1. The molecule has 0 saturated heterocycles. The third-order valence-electron chi connectivity index (χ3n) is 6.55. The Hall–Kier alpha value is -3.50. The van der Waals surface area contributed by atoms with Gasteiger partial charge in [-0.25, -0.2) is 9.48 Å². The third kappa shape index (κ3) is 5.45. The number of hydrogen-bond acceptors (Lipinski definition) is 6. The Bertz CT molecular complexity index is 1430. The summed E-state index contributed by atoms with van der Waals surface area (Å²) in [5, 5.41) is 22.6. The van der Waals surface area contributed by atoms with Gasteiger partial charge in [-0.05, 0) is 56.3 Å². The van der Waals surface area contributed by atoms with Crippen LogP contribution in [0.3, 0.4) is 0 Å². The van der Waals surface area contributed by atoms with E-state index in [1.807, 2.05) is 44.4 Å². The van der Waals surface area contributed by atoms with Crippen molar-refractivity contribution in [3.63, 3.8) is 0 Å². The first-order valence-electron chi connectivity index (χ1n) is 12.2. The van der Waals surface area contributed by atoms with Crippen LogP contribution in [0.2, 0.25) is 0 Å². The molecule has 2 aromatic heterocycles. The number of aryl methyl sites for hydroxylation is 1. The van der Waals surface area contributed by atoms with Gasteiger partial charge >= 0.3 is 5.97 Å². The summed E-state index contributed by atoms with van der Waals surface area (Å²) in [5.74, 6) is 0.0864. The molecule has 1 aliphatic carbocycles. The molecule has 2 heterocycles. The zero-order chi connectivity index (χ0) is 26.1. The summed E-state index contributed by atoms with van der Waals surface area (Å²) < 4.78 is 10.3. The van der Waals surface area contributed by atoms with E-state index in [0.717, 1.165) is 45.7 Å². The molecule has 192 valence electrons. The first kappa shape index (κ1) is 25.2. The maximum absolute atomic E-state index is 12.0. The second-order valence-electron chi connectivity index (χ2n) is 9.45. The van der Waals surface area contributed by atoms with Gasteiger partial charge in [-0.1, -0.05) is 33.3 Å². The molecule has 1 saturated carbocycles. The minimum atomic E-state index is -0.971. The van der Waals surface area contributed by atoms with Crippen LogP contribution in [-0.4, -0.2) is 54.4 Å². The highest BCUT2D eigenvalue weighted by Gasteiger charge is 2.46. The summed E-state index contributed by atoms with van der Waals surface area (Å²) in [6.45, 7) is 4.03. The van der Waals surface area contributed by atoms with E-state index in [1.54, 1.807) is 9.36 Å². The molecule has 37 heavy (non-hydrogen) atoms. The van der Waals surface area contributed by atoms with Crippen molar-refractivity contribution in [3.8, 4) is 11.4 Å². The van der Waals surface area contributed by atoms with E-state index in [9.17, 15) is 9.90 Å². The predicted molar refractivity (Wildman–Crippen MR) is 142 cm³/mol. The highest BCUT2D eigenvalue weighted by atomic mass is 79.9. The van der Waals surface area contributed by atoms with E-state index in [0.29, 0.717) is 18.8 Å². The maximum atomic E-state index is 12.0. The molecule has 0 bridgehead atoms. The number of carboxylic acid groups (broad SMARTS) is 1. The van der Waals surface area contributed by atoms with Crippen molar-refractivity contribution in [3.05, 3.63) is 87.4 Å².